The Hall–Kier alpha value is -3.01. The molecule has 1 heterocycles. The Morgan fingerprint density at radius 1 is 1.28 bits per heavy atom. The van der Waals surface area contributed by atoms with Crippen molar-refractivity contribution in [1.82, 2.24) is 15.1 Å². The fraction of sp³-hybridized carbons (Fsp3) is 0.389. The molecule has 1 aromatic heterocycles. The smallest absolute Gasteiger partial charge is 0.407 e. The fourth-order valence-corrected chi connectivity index (χ4v) is 2.00. The summed E-state index contributed by atoms with van der Waals surface area (Å²) in [5.74, 6) is 1.26. The van der Waals surface area contributed by atoms with Gasteiger partial charge >= 0.3 is 6.09 Å². The van der Waals surface area contributed by atoms with E-state index in [1.165, 1.54) is 0 Å². The van der Waals surface area contributed by atoms with Gasteiger partial charge in [0.15, 0.2) is 5.75 Å². The van der Waals surface area contributed by atoms with Crippen molar-refractivity contribution in [3.05, 3.63) is 42.2 Å². The number of rotatable bonds is 6. The summed E-state index contributed by atoms with van der Waals surface area (Å²) in [6.07, 6.45) is 3.71. The van der Waals surface area contributed by atoms with E-state index in [2.05, 4.69) is 16.5 Å². The van der Waals surface area contributed by atoms with E-state index in [1.807, 2.05) is 20.8 Å². The summed E-state index contributed by atoms with van der Waals surface area (Å²) in [4.78, 5) is 11.5. The average molecular weight is 342 g/mol. The highest BCUT2D eigenvalue weighted by Crippen LogP contribution is 2.20. The van der Waals surface area contributed by atoms with Gasteiger partial charge in [-0.25, -0.2) is 4.79 Å². The predicted molar refractivity (Wildman–Crippen MR) is 92.3 cm³/mol. The van der Waals surface area contributed by atoms with Crippen molar-refractivity contribution in [2.75, 3.05) is 6.54 Å². The Labute approximate surface area is 147 Å². The maximum Gasteiger partial charge on any atom is 0.407 e. The number of nitrogens with one attached hydrogen (secondary N) is 1. The first kappa shape index (κ1) is 18.3. The summed E-state index contributed by atoms with van der Waals surface area (Å²) in [6.45, 7) is 6.62. The zero-order valence-corrected chi connectivity index (χ0v) is 14.7. The second-order valence-corrected chi connectivity index (χ2v) is 6.46. The summed E-state index contributed by atoms with van der Waals surface area (Å²) < 4.78 is 12.6. The van der Waals surface area contributed by atoms with E-state index in [0.717, 1.165) is 6.42 Å². The number of carbonyl (C=O) groups is 1. The minimum atomic E-state index is -0.496. The Morgan fingerprint density at radius 2 is 2.00 bits per heavy atom. The number of nitriles is 1. The number of hydrogen-bond acceptors (Lipinski definition) is 5. The second-order valence-electron chi connectivity index (χ2n) is 6.46. The minimum Gasteiger partial charge on any atom is -0.454 e. The minimum absolute atomic E-state index is 0.419. The molecule has 2 aromatic rings. The molecule has 0 fully saturated rings. The third kappa shape index (κ3) is 6.55. The summed E-state index contributed by atoms with van der Waals surface area (Å²) in [6, 6.07) is 8.93. The second kappa shape index (κ2) is 8.20. The van der Waals surface area contributed by atoms with Crippen molar-refractivity contribution in [1.29, 1.82) is 5.26 Å². The van der Waals surface area contributed by atoms with Gasteiger partial charge in [0.25, 0.3) is 0 Å². The number of benzene rings is 1. The lowest BCUT2D eigenvalue weighted by Gasteiger charge is -2.19. The largest absolute Gasteiger partial charge is 0.454 e. The first-order valence-corrected chi connectivity index (χ1v) is 8.03. The van der Waals surface area contributed by atoms with Gasteiger partial charge in [-0.2, -0.15) is 10.4 Å². The number of carbonyl (C=O) groups excluding carboxylic acids is 1. The third-order valence-corrected chi connectivity index (χ3v) is 3.06. The van der Waals surface area contributed by atoms with Gasteiger partial charge in [0.2, 0.25) is 0 Å². The Kier molecular flexibility index (Phi) is 6.01. The first-order chi connectivity index (χ1) is 11.9. The lowest BCUT2D eigenvalue weighted by atomic mass is 10.2. The lowest BCUT2D eigenvalue weighted by Crippen LogP contribution is -2.33. The van der Waals surface area contributed by atoms with Crippen molar-refractivity contribution in [2.45, 2.75) is 39.3 Å². The highest BCUT2D eigenvalue weighted by atomic mass is 16.6. The first-order valence-electron chi connectivity index (χ1n) is 8.03. The van der Waals surface area contributed by atoms with Crippen LogP contribution in [0.5, 0.6) is 11.5 Å². The van der Waals surface area contributed by atoms with Crippen molar-refractivity contribution in [3.8, 4) is 17.6 Å². The van der Waals surface area contributed by atoms with Gasteiger partial charge in [-0.15, -0.1) is 0 Å². The molecule has 0 aliphatic carbocycles. The molecule has 2 rings (SSSR count). The van der Waals surface area contributed by atoms with Gasteiger partial charge in [-0.05, 0) is 51.5 Å². The van der Waals surface area contributed by atoms with E-state index in [-0.39, 0.29) is 0 Å². The highest BCUT2D eigenvalue weighted by molar-refractivity contribution is 5.67. The van der Waals surface area contributed by atoms with Crippen molar-refractivity contribution in [3.63, 3.8) is 0 Å². The SMILES string of the molecule is CC(C)(C)OC(=O)NCCCn1cc(Oc2ccc(C#N)cc2)cn1. The van der Waals surface area contributed by atoms with Crippen molar-refractivity contribution < 1.29 is 14.3 Å². The van der Waals surface area contributed by atoms with Crippen LogP contribution in [-0.4, -0.2) is 28.0 Å². The highest BCUT2D eigenvalue weighted by Gasteiger charge is 2.15. The lowest BCUT2D eigenvalue weighted by molar-refractivity contribution is 0.0526. The topological polar surface area (TPSA) is 89.2 Å². The molecule has 0 saturated heterocycles. The molecule has 7 heteroatoms. The van der Waals surface area contributed by atoms with Gasteiger partial charge < -0.3 is 14.8 Å². The van der Waals surface area contributed by atoms with Gasteiger partial charge in [-0.1, -0.05) is 0 Å². The van der Waals surface area contributed by atoms with Crippen molar-refractivity contribution in [2.24, 2.45) is 0 Å². The normalized spacial score (nSPS) is 10.8. The molecular formula is C18H22N4O3. The van der Waals surface area contributed by atoms with E-state index < -0.39 is 11.7 Å². The van der Waals surface area contributed by atoms with E-state index in [9.17, 15) is 4.79 Å². The van der Waals surface area contributed by atoms with Crippen LogP contribution in [-0.2, 0) is 11.3 Å². The standard InChI is InChI=1S/C18H22N4O3/c1-18(2,3)25-17(23)20-9-4-10-22-13-16(12-21-22)24-15-7-5-14(11-19)6-8-15/h5-8,12-13H,4,9-10H2,1-3H3,(H,20,23). The quantitative estimate of drug-likeness (QED) is 0.812. The van der Waals surface area contributed by atoms with Crippen LogP contribution < -0.4 is 10.1 Å². The number of alkyl carbamates (subject to hydrolysis) is 1. The third-order valence-electron chi connectivity index (χ3n) is 3.06. The van der Waals surface area contributed by atoms with Crippen molar-refractivity contribution >= 4 is 6.09 Å². The molecule has 0 aliphatic rings. The van der Waals surface area contributed by atoms with E-state index in [0.29, 0.717) is 30.2 Å². The number of hydrogen-bond donors (Lipinski definition) is 1. The summed E-state index contributed by atoms with van der Waals surface area (Å²) >= 11 is 0. The maximum absolute atomic E-state index is 11.5. The van der Waals surface area contributed by atoms with Gasteiger partial charge in [0.05, 0.1) is 24.0 Å². The summed E-state index contributed by atoms with van der Waals surface area (Å²) in [5.41, 5.74) is 0.0875. The van der Waals surface area contributed by atoms with Crippen LogP contribution in [0.2, 0.25) is 0 Å². The van der Waals surface area contributed by atoms with Crippen LogP contribution >= 0.6 is 0 Å². The Bertz CT molecular complexity index is 739. The monoisotopic (exact) mass is 342 g/mol. The molecule has 0 unspecified atom stereocenters. The van der Waals surface area contributed by atoms with Crippen LogP contribution in [0.3, 0.4) is 0 Å². The molecule has 0 bridgehead atoms. The van der Waals surface area contributed by atoms with Crippen LogP contribution in [0.15, 0.2) is 36.7 Å². The molecular weight excluding hydrogens is 320 g/mol. The van der Waals surface area contributed by atoms with Crippen LogP contribution in [0.4, 0.5) is 4.79 Å². The predicted octanol–water partition coefficient (Wildman–Crippen LogP) is 3.46. The molecule has 0 aliphatic heterocycles. The molecule has 0 spiro atoms. The Balaban J connectivity index is 1.74. The Morgan fingerprint density at radius 3 is 2.64 bits per heavy atom. The van der Waals surface area contributed by atoms with Gasteiger partial charge in [0, 0.05) is 13.1 Å². The number of amides is 1. The molecule has 7 nitrogen and oxygen atoms in total. The summed E-state index contributed by atoms with van der Waals surface area (Å²) in [5, 5.41) is 15.7. The molecule has 0 atom stereocenters. The number of ether oxygens (including phenoxy) is 2. The number of nitrogens with zero attached hydrogens (tertiary/aromatic N) is 3. The maximum atomic E-state index is 11.5. The van der Waals surface area contributed by atoms with Crippen LogP contribution in [0.1, 0.15) is 32.8 Å². The molecule has 1 amide bonds. The molecule has 25 heavy (non-hydrogen) atoms. The molecule has 0 radical (unpaired) electrons. The average Bonchev–Trinajstić information content (AvgIpc) is 2.98. The van der Waals surface area contributed by atoms with Crippen LogP contribution in [0.25, 0.3) is 0 Å². The van der Waals surface area contributed by atoms with E-state index in [1.54, 1.807) is 41.3 Å². The number of aromatic nitrogens is 2. The van der Waals surface area contributed by atoms with E-state index in [4.69, 9.17) is 14.7 Å². The van der Waals surface area contributed by atoms with E-state index >= 15 is 0 Å². The zero-order valence-electron chi connectivity index (χ0n) is 14.7. The van der Waals surface area contributed by atoms with Gasteiger partial charge in [0.1, 0.15) is 11.4 Å². The number of aryl methyl sites for hydroxylation is 1. The molecule has 0 saturated carbocycles. The van der Waals surface area contributed by atoms with Crippen LogP contribution in [0, 0.1) is 11.3 Å². The summed E-state index contributed by atoms with van der Waals surface area (Å²) in [7, 11) is 0. The molecule has 1 N–H and O–H groups in total. The molecule has 1 aromatic carbocycles. The van der Waals surface area contributed by atoms with Gasteiger partial charge in [-0.3, -0.25) is 4.68 Å². The zero-order chi connectivity index (χ0) is 18.3. The fourth-order valence-electron chi connectivity index (χ4n) is 2.00. The molecule has 132 valence electrons.